The van der Waals surface area contributed by atoms with E-state index < -0.39 is 73.4 Å². The molecule has 2 rings (SSSR count). The Bertz CT molecular complexity index is 767. The van der Waals surface area contributed by atoms with Crippen molar-refractivity contribution in [1.82, 2.24) is 0 Å². The van der Waals surface area contributed by atoms with E-state index in [4.69, 9.17) is 23.7 Å². The zero-order valence-corrected chi connectivity index (χ0v) is 19.4. The molecule has 9 nitrogen and oxygen atoms in total. The van der Waals surface area contributed by atoms with Gasteiger partial charge in [-0.25, -0.2) is 0 Å². The molecule has 164 valence electrons. The maximum absolute atomic E-state index is 11.8. The van der Waals surface area contributed by atoms with Crippen molar-refractivity contribution in [1.29, 1.82) is 0 Å². The van der Waals surface area contributed by atoms with Crippen molar-refractivity contribution in [2.24, 2.45) is 0 Å². The molecule has 10 heteroatoms. The molecule has 0 unspecified atom stereocenters. The molecule has 1 aromatic rings. The van der Waals surface area contributed by atoms with E-state index in [-0.39, 0.29) is 6.61 Å². The van der Waals surface area contributed by atoms with Gasteiger partial charge in [0, 0.05) is 0 Å². The van der Waals surface area contributed by atoms with Crippen molar-refractivity contribution in [2.45, 2.75) is 56.3 Å². The Morgan fingerprint density at radius 1 is 0.800 bits per heavy atom. The number of hydrogen-bond donors (Lipinski definition) is 0. The van der Waals surface area contributed by atoms with Crippen LogP contribution < -0.4 is 3.61 Å². The van der Waals surface area contributed by atoms with E-state index in [1.165, 1.54) is 27.7 Å². The fourth-order valence-corrected chi connectivity index (χ4v) is 6.13. The summed E-state index contributed by atoms with van der Waals surface area (Å²) >= 11 is -1.11. The predicted molar refractivity (Wildman–Crippen MR) is 104 cm³/mol. The van der Waals surface area contributed by atoms with E-state index in [1.54, 1.807) is 0 Å². The van der Waals surface area contributed by atoms with Crippen molar-refractivity contribution in [3.05, 3.63) is 30.3 Å². The number of esters is 4. The molecule has 0 bridgehead atoms. The van der Waals surface area contributed by atoms with Gasteiger partial charge in [-0.05, 0) is 0 Å². The van der Waals surface area contributed by atoms with Crippen molar-refractivity contribution in [3.8, 4) is 0 Å². The Kier molecular flexibility index (Phi) is 9.08. The number of hydrogen-bond acceptors (Lipinski definition) is 9. The fraction of sp³-hybridized carbons (Fsp3) is 0.500. The van der Waals surface area contributed by atoms with Crippen LogP contribution in [0.3, 0.4) is 0 Å². The van der Waals surface area contributed by atoms with Crippen LogP contribution in [0, 0.1) is 0 Å². The zero-order chi connectivity index (χ0) is 22.3. The molecule has 0 saturated carbocycles. The summed E-state index contributed by atoms with van der Waals surface area (Å²) in [6.45, 7) is 4.66. The number of benzene rings is 1. The predicted octanol–water partition coefficient (Wildman–Crippen LogP) is 0.0992. The minimum atomic E-state index is -1.12. The summed E-state index contributed by atoms with van der Waals surface area (Å²) in [5.74, 6) is -2.41. The molecule has 0 spiro atoms. The van der Waals surface area contributed by atoms with Crippen LogP contribution in [0.15, 0.2) is 30.3 Å². The van der Waals surface area contributed by atoms with Crippen LogP contribution in [0.5, 0.6) is 0 Å². The summed E-state index contributed by atoms with van der Waals surface area (Å²) in [4.78, 5) is 46.6. The van der Waals surface area contributed by atoms with Gasteiger partial charge < -0.3 is 0 Å². The first-order valence-corrected chi connectivity index (χ1v) is 11.7. The fourth-order valence-electron chi connectivity index (χ4n) is 2.92. The van der Waals surface area contributed by atoms with E-state index >= 15 is 0 Å². The quantitative estimate of drug-likeness (QED) is 0.272. The van der Waals surface area contributed by atoms with E-state index in [9.17, 15) is 19.2 Å². The van der Waals surface area contributed by atoms with Gasteiger partial charge in [0.2, 0.25) is 0 Å². The van der Waals surface area contributed by atoms with Gasteiger partial charge in [0.25, 0.3) is 0 Å². The van der Waals surface area contributed by atoms with Gasteiger partial charge in [-0.3, -0.25) is 0 Å². The summed E-state index contributed by atoms with van der Waals surface area (Å²) in [6.07, 6.45) is -4.10. The third kappa shape index (κ3) is 7.27. The van der Waals surface area contributed by atoms with Gasteiger partial charge in [0.15, 0.2) is 0 Å². The second-order valence-electron chi connectivity index (χ2n) is 6.50. The SMILES string of the molecule is CC(=O)OC[C@H]1O[C@@H]([Te]c2ccccc2)[C@H](OC(C)=O)[C@@H](OC(C)=O)[C@H]1OC(C)=O. The summed E-state index contributed by atoms with van der Waals surface area (Å²) in [6, 6.07) is 9.49. The average Bonchev–Trinajstić information content (AvgIpc) is 2.64. The Morgan fingerprint density at radius 3 is 1.87 bits per heavy atom. The molecule has 0 amide bonds. The molecule has 1 saturated heterocycles. The molecule has 0 N–H and O–H groups in total. The monoisotopic (exact) mass is 538 g/mol. The van der Waals surface area contributed by atoms with Gasteiger partial charge in [-0.1, -0.05) is 0 Å². The van der Waals surface area contributed by atoms with Crippen LogP contribution in [0.1, 0.15) is 27.7 Å². The molecule has 0 aliphatic carbocycles. The number of rotatable bonds is 7. The van der Waals surface area contributed by atoms with E-state index in [0.717, 1.165) is 3.61 Å². The molecule has 1 heterocycles. The minimum absolute atomic E-state index is 0.212. The van der Waals surface area contributed by atoms with Crippen LogP contribution in [0.4, 0.5) is 0 Å². The van der Waals surface area contributed by atoms with Gasteiger partial charge in [0.1, 0.15) is 0 Å². The summed E-state index contributed by atoms with van der Waals surface area (Å²) in [7, 11) is 0. The van der Waals surface area contributed by atoms with E-state index in [0.29, 0.717) is 0 Å². The first-order valence-electron chi connectivity index (χ1n) is 9.19. The first-order chi connectivity index (χ1) is 14.2. The molecule has 1 fully saturated rings. The number of carbonyl (C=O) groups excluding carboxylic acids is 4. The average molecular weight is 536 g/mol. The second-order valence-corrected chi connectivity index (χ2v) is 9.84. The summed E-state index contributed by atoms with van der Waals surface area (Å²) in [5, 5.41) is 0. The van der Waals surface area contributed by atoms with Crippen molar-refractivity contribution >= 4 is 48.4 Å². The van der Waals surface area contributed by atoms with Crippen molar-refractivity contribution in [2.75, 3.05) is 6.61 Å². The number of carbonyl (C=O) groups is 4. The Hall–Kier alpha value is -2.15. The van der Waals surface area contributed by atoms with E-state index in [2.05, 4.69) is 0 Å². The molecule has 1 aliphatic rings. The van der Waals surface area contributed by atoms with Crippen LogP contribution in [0.25, 0.3) is 0 Å². The molecule has 1 aliphatic heterocycles. The summed E-state index contributed by atoms with van der Waals surface area (Å²) in [5.41, 5.74) is 0. The van der Waals surface area contributed by atoms with Crippen molar-refractivity contribution < 1.29 is 42.9 Å². The standard InChI is InChI=1S/C20H24O9Te/c1-11(21)25-10-16-17(26-12(2)22)18(27-13(3)23)19(28-14(4)24)20(29-16)30-15-8-6-5-7-9-15/h5-9,16-20H,10H2,1-4H3/t16-,17+,18+,19-,20+/m1/s1. The van der Waals surface area contributed by atoms with Gasteiger partial charge >= 0.3 is 184 Å². The molecule has 5 atom stereocenters. The third-order valence-corrected chi connectivity index (χ3v) is 7.24. The Labute approximate surface area is 184 Å². The van der Waals surface area contributed by atoms with E-state index in [1.807, 2.05) is 30.3 Å². The molecule has 0 aromatic heterocycles. The molecular formula is C20H24O9Te. The Balaban J connectivity index is 2.42. The molecule has 30 heavy (non-hydrogen) atoms. The molecular weight excluding hydrogens is 512 g/mol. The van der Waals surface area contributed by atoms with Gasteiger partial charge in [0.05, 0.1) is 0 Å². The van der Waals surface area contributed by atoms with Gasteiger partial charge in [-0.2, -0.15) is 0 Å². The summed E-state index contributed by atoms with van der Waals surface area (Å²) < 4.78 is 27.8. The van der Waals surface area contributed by atoms with Crippen LogP contribution in [0.2, 0.25) is 0 Å². The number of ether oxygens (including phenoxy) is 5. The molecule has 1 aromatic carbocycles. The second kappa shape index (κ2) is 11.3. The normalized spacial score (nSPS) is 25.7. The molecule has 0 radical (unpaired) electrons. The third-order valence-electron chi connectivity index (χ3n) is 3.94. The Morgan fingerprint density at radius 2 is 1.33 bits per heavy atom. The van der Waals surface area contributed by atoms with Gasteiger partial charge in [-0.15, -0.1) is 0 Å². The van der Waals surface area contributed by atoms with Crippen LogP contribution >= 0.6 is 0 Å². The van der Waals surface area contributed by atoms with Crippen LogP contribution in [-0.4, -0.2) is 80.0 Å². The maximum atomic E-state index is 11.8. The zero-order valence-electron chi connectivity index (χ0n) is 17.1. The van der Waals surface area contributed by atoms with Crippen LogP contribution in [-0.2, 0) is 42.9 Å². The van der Waals surface area contributed by atoms with Crippen molar-refractivity contribution in [3.63, 3.8) is 0 Å². The topological polar surface area (TPSA) is 114 Å². The first kappa shape index (κ1) is 24.1.